The van der Waals surface area contributed by atoms with E-state index >= 15 is 0 Å². The van der Waals surface area contributed by atoms with Gasteiger partial charge in [0.05, 0.1) is 20.3 Å². The van der Waals surface area contributed by atoms with Crippen molar-refractivity contribution < 1.29 is 19.8 Å². The quantitative estimate of drug-likeness (QED) is 0.325. The average molecular weight is 150 g/mol. The van der Waals surface area contributed by atoms with Gasteiger partial charge in [-0.1, -0.05) is 0 Å². The van der Waals surface area contributed by atoms with Gasteiger partial charge in [-0.15, -0.1) is 0 Å². The minimum atomic E-state index is -0.0406. The first kappa shape index (κ1) is 9.84. The van der Waals surface area contributed by atoms with Crippen molar-refractivity contribution in [1.82, 2.24) is 0 Å². The minimum absolute atomic E-state index is 0.0388. The second-order valence-corrected chi connectivity index (χ2v) is 2.66. The lowest BCUT2D eigenvalue weighted by Gasteiger charge is -2.30. The van der Waals surface area contributed by atoms with Crippen LogP contribution < -0.4 is 0 Å². The summed E-state index contributed by atoms with van der Waals surface area (Å²) in [6.45, 7) is 1.00. The SMILES string of the molecule is C[N+](CO)(CCO)CCO. The third-order valence-corrected chi connectivity index (χ3v) is 1.62. The predicted octanol–water partition coefficient (Wildman–Crippen LogP) is -1.63. The zero-order valence-corrected chi connectivity index (χ0v) is 6.32. The Bertz CT molecular complexity index is 81.1. The first-order valence-electron chi connectivity index (χ1n) is 3.34. The van der Waals surface area contributed by atoms with Crippen molar-refractivity contribution in [2.24, 2.45) is 0 Å². The van der Waals surface area contributed by atoms with Crippen LogP contribution in [0.4, 0.5) is 0 Å². The summed E-state index contributed by atoms with van der Waals surface area (Å²) in [5, 5.41) is 25.9. The molecule has 0 unspecified atom stereocenters. The summed E-state index contributed by atoms with van der Waals surface area (Å²) in [6, 6.07) is 0. The van der Waals surface area contributed by atoms with Gasteiger partial charge < -0.3 is 15.3 Å². The highest BCUT2D eigenvalue weighted by atomic mass is 16.3. The highest BCUT2D eigenvalue weighted by molar-refractivity contribution is 4.31. The van der Waals surface area contributed by atoms with E-state index in [-0.39, 0.29) is 19.9 Å². The zero-order valence-electron chi connectivity index (χ0n) is 6.32. The molecule has 0 fully saturated rings. The van der Waals surface area contributed by atoms with Gasteiger partial charge in [-0.3, -0.25) is 4.48 Å². The Kier molecular flexibility index (Phi) is 4.55. The van der Waals surface area contributed by atoms with Crippen LogP contribution in [0.2, 0.25) is 0 Å². The summed E-state index contributed by atoms with van der Waals surface area (Å²) in [5.74, 6) is 0. The molecule has 0 aliphatic carbocycles. The van der Waals surface area contributed by atoms with Crippen LogP contribution in [0.15, 0.2) is 0 Å². The molecule has 0 spiro atoms. The lowest BCUT2D eigenvalue weighted by molar-refractivity contribution is -0.927. The van der Waals surface area contributed by atoms with E-state index in [0.717, 1.165) is 0 Å². The van der Waals surface area contributed by atoms with E-state index in [1.807, 2.05) is 0 Å². The van der Waals surface area contributed by atoms with Crippen molar-refractivity contribution in [1.29, 1.82) is 0 Å². The van der Waals surface area contributed by atoms with Crippen molar-refractivity contribution in [2.75, 3.05) is 40.1 Å². The Morgan fingerprint density at radius 3 is 1.60 bits per heavy atom. The molecule has 4 nitrogen and oxygen atoms in total. The fourth-order valence-electron chi connectivity index (χ4n) is 0.736. The summed E-state index contributed by atoms with van der Waals surface area (Å²) < 4.78 is 0.312. The summed E-state index contributed by atoms with van der Waals surface area (Å²) in [4.78, 5) is 0. The van der Waals surface area contributed by atoms with Crippen LogP contribution in [0.5, 0.6) is 0 Å². The third-order valence-electron chi connectivity index (χ3n) is 1.62. The molecule has 0 atom stereocenters. The van der Waals surface area contributed by atoms with Crippen LogP contribution in [-0.4, -0.2) is 59.9 Å². The maximum Gasteiger partial charge on any atom is 0.180 e. The van der Waals surface area contributed by atoms with Gasteiger partial charge in [-0.05, 0) is 0 Å². The van der Waals surface area contributed by atoms with E-state index in [0.29, 0.717) is 17.6 Å². The molecule has 0 bridgehead atoms. The number of quaternary nitrogens is 1. The summed E-state index contributed by atoms with van der Waals surface area (Å²) in [5.41, 5.74) is 0. The Morgan fingerprint density at radius 1 is 1.00 bits per heavy atom. The molecule has 0 rings (SSSR count). The van der Waals surface area contributed by atoms with E-state index in [1.54, 1.807) is 7.05 Å². The van der Waals surface area contributed by atoms with Crippen molar-refractivity contribution in [2.45, 2.75) is 0 Å². The smallest absolute Gasteiger partial charge is 0.180 e. The maximum atomic E-state index is 8.80. The Labute approximate surface area is 60.9 Å². The van der Waals surface area contributed by atoms with E-state index in [1.165, 1.54) is 0 Å². The first-order chi connectivity index (χ1) is 4.68. The van der Waals surface area contributed by atoms with Gasteiger partial charge in [-0.2, -0.15) is 0 Å². The topological polar surface area (TPSA) is 60.7 Å². The van der Waals surface area contributed by atoms with E-state index < -0.39 is 0 Å². The van der Waals surface area contributed by atoms with Gasteiger partial charge in [0.2, 0.25) is 0 Å². The molecule has 10 heavy (non-hydrogen) atoms. The van der Waals surface area contributed by atoms with Crippen LogP contribution in [0, 0.1) is 0 Å². The van der Waals surface area contributed by atoms with Crippen molar-refractivity contribution in [3.63, 3.8) is 0 Å². The number of likely N-dealkylation sites (N-methyl/N-ethyl adjacent to an activating group) is 1. The number of rotatable bonds is 5. The van der Waals surface area contributed by atoms with Crippen molar-refractivity contribution in [3.8, 4) is 0 Å². The molecule has 0 radical (unpaired) electrons. The molecular formula is C6H16NO3+. The molecule has 0 saturated heterocycles. The van der Waals surface area contributed by atoms with Crippen LogP contribution in [0.25, 0.3) is 0 Å². The molecule has 0 saturated carbocycles. The third kappa shape index (κ3) is 3.12. The first-order valence-corrected chi connectivity index (χ1v) is 3.34. The molecule has 3 N–H and O–H groups in total. The van der Waals surface area contributed by atoms with Crippen molar-refractivity contribution in [3.05, 3.63) is 0 Å². The Morgan fingerprint density at radius 2 is 1.40 bits per heavy atom. The van der Waals surface area contributed by atoms with E-state index in [4.69, 9.17) is 15.3 Å². The van der Waals surface area contributed by atoms with Gasteiger partial charge in [0.25, 0.3) is 0 Å². The molecule has 0 aromatic heterocycles. The standard InChI is InChI=1S/C6H16NO3/c1-7(6-10,2-4-8)3-5-9/h8-10H,2-6H2,1H3/q+1. The average Bonchev–Trinajstić information content (AvgIpc) is 1.89. The molecule has 0 amide bonds. The minimum Gasteiger partial charge on any atom is -0.391 e. The van der Waals surface area contributed by atoms with Crippen LogP contribution >= 0.6 is 0 Å². The largest absolute Gasteiger partial charge is 0.391 e. The molecule has 4 heteroatoms. The van der Waals surface area contributed by atoms with E-state index in [2.05, 4.69) is 0 Å². The maximum absolute atomic E-state index is 8.80. The molecular weight excluding hydrogens is 134 g/mol. The Hall–Kier alpha value is -0.160. The highest BCUT2D eigenvalue weighted by Gasteiger charge is 2.17. The molecule has 0 aromatic carbocycles. The molecule has 0 aromatic rings. The summed E-state index contributed by atoms with van der Waals surface area (Å²) >= 11 is 0. The van der Waals surface area contributed by atoms with Gasteiger partial charge in [-0.25, -0.2) is 0 Å². The number of hydrogen-bond acceptors (Lipinski definition) is 3. The fraction of sp³-hybridized carbons (Fsp3) is 1.00. The van der Waals surface area contributed by atoms with Gasteiger partial charge >= 0.3 is 0 Å². The second-order valence-electron chi connectivity index (χ2n) is 2.66. The lowest BCUT2D eigenvalue weighted by atomic mass is 10.4. The molecule has 0 aliphatic heterocycles. The number of aliphatic hydroxyl groups is 3. The summed E-state index contributed by atoms with van der Waals surface area (Å²) in [7, 11) is 1.78. The molecule has 0 heterocycles. The summed E-state index contributed by atoms with van der Waals surface area (Å²) in [6.07, 6.45) is 0. The molecule has 62 valence electrons. The van der Waals surface area contributed by atoms with Gasteiger partial charge in [0.1, 0.15) is 13.1 Å². The molecule has 0 aliphatic rings. The van der Waals surface area contributed by atoms with Crippen LogP contribution in [-0.2, 0) is 0 Å². The van der Waals surface area contributed by atoms with Gasteiger partial charge in [0, 0.05) is 0 Å². The second kappa shape index (κ2) is 4.62. The number of nitrogens with zero attached hydrogens (tertiary/aromatic N) is 1. The zero-order chi connectivity index (χ0) is 8.04. The van der Waals surface area contributed by atoms with Crippen LogP contribution in [0.1, 0.15) is 0 Å². The number of aliphatic hydroxyl groups excluding tert-OH is 3. The van der Waals surface area contributed by atoms with E-state index in [9.17, 15) is 0 Å². The Balaban J connectivity index is 3.69. The van der Waals surface area contributed by atoms with Crippen LogP contribution in [0.3, 0.4) is 0 Å². The highest BCUT2D eigenvalue weighted by Crippen LogP contribution is 1.97. The monoisotopic (exact) mass is 150 g/mol. The predicted molar refractivity (Wildman–Crippen MR) is 37.2 cm³/mol. The fourth-order valence-corrected chi connectivity index (χ4v) is 0.736. The van der Waals surface area contributed by atoms with Crippen molar-refractivity contribution >= 4 is 0 Å². The van der Waals surface area contributed by atoms with Gasteiger partial charge in [0.15, 0.2) is 6.73 Å². The lowest BCUT2D eigenvalue weighted by Crippen LogP contribution is -2.48. The normalized spacial score (nSPS) is 12.0. The number of hydrogen-bond donors (Lipinski definition) is 3.